The zero-order valence-electron chi connectivity index (χ0n) is 9.06. The van der Waals surface area contributed by atoms with Crippen LogP contribution in [0.5, 0.6) is 5.75 Å². The summed E-state index contributed by atoms with van der Waals surface area (Å²) < 4.78 is 8.53. The van der Waals surface area contributed by atoms with Crippen molar-refractivity contribution < 1.29 is 4.74 Å². The minimum absolute atomic E-state index is 0.628. The third-order valence-electron chi connectivity index (χ3n) is 2.17. The highest BCUT2D eigenvalue weighted by Gasteiger charge is 1.96. The molecule has 1 aromatic heterocycles. The van der Waals surface area contributed by atoms with E-state index in [1.165, 1.54) is 5.56 Å². The van der Waals surface area contributed by atoms with Crippen LogP contribution in [-0.4, -0.2) is 16.4 Å². The Labute approximate surface area is 103 Å². The van der Waals surface area contributed by atoms with Gasteiger partial charge in [0.05, 0.1) is 12.7 Å². The first-order valence-corrected chi connectivity index (χ1v) is 5.91. The molecule has 0 saturated heterocycles. The van der Waals surface area contributed by atoms with Gasteiger partial charge >= 0.3 is 0 Å². The largest absolute Gasteiger partial charge is 0.492 e. The van der Waals surface area contributed by atoms with E-state index in [2.05, 4.69) is 21.0 Å². The second-order valence-corrected chi connectivity index (χ2v) is 4.50. The summed E-state index contributed by atoms with van der Waals surface area (Å²) in [4.78, 5) is 0. The van der Waals surface area contributed by atoms with Crippen molar-refractivity contribution in [3.05, 3.63) is 46.7 Å². The number of halogens is 1. The summed E-state index contributed by atoms with van der Waals surface area (Å²) in [6.45, 7) is 3.42. The molecule has 1 aromatic carbocycles. The molecule has 16 heavy (non-hydrogen) atoms. The van der Waals surface area contributed by atoms with Crippen molar-refractivity contribution in [1.82, 2.24) is 9.78 Å². The Hall–Kier alpha value is -1.29. The van der Waals surface area contributed by atoms with Gasteiger partial charge in [0.2, 0.25) is 0 Å². The van der Waals surface area contributed by atoms with E-state index in [0.717, 1.165) is 16.8 Å². The molecule has 0 fully saturated rings. The van der Waals surface area contributed by atoms with Crippen LogP contribution < -0.4 is 4.74 Å². The minimum atomic E-state index is 0.628. The van der Waals surface area contributed by atoms with Crippen molar-refractivity contribution in [2.24, 2.45) is 0 Å². The molecule has 2 aromatic rings. The molecule has 0 amide bonds. The molecule has 84 valence electrons. The Morgan fingerprint density at radius 1 is 1.31 bits per heavy atom. The van der Waals surface area contributed by atoms with Gasteiger partial charge in [-0.05, 0) is 36.8 Å². The first kappa shape index (κ1) is 11.2. The van der Waals surface area contributed by atoms with Gasteiger partial charge in [0.1, 0.15) is 12.4 Å². The van der Waals surface area contributed by atoms with Crippen LogP contribution in [0.2, 0.25) is 0 Å². The van der Waals surface area contributed by atoms with Crippen molar-refractivity contribution >= 4 is 15.9 Å². The number of benzene rings is 1. The van der Waals surface area contributed by atoms with Crippen LogP contribution in [0.25, 0.3) is 0 Å². The van der Waals surface area contributed by atoms with Crippen LogP contribution in [-0.2, 0) is 6.54 Å². The van der Waals surface area contributed by atoms with Crippen LogP contribution in [0, 0.1) is 6.92 Å². The Bertz CT molecular complexity index is 450. The van der Waals surface area contributed by atoms with Crippen LogP contribution >= 0.6 is 15.9 Å². The lowest BCUT2D eigenvalue weighted by atomic mass is 10.3. The fraction of sp³-hybridized carbons (Fsp3) is 0.250. The van der Waals surface area contributed by atoms with Gasteiger partial charge in [-0.15, -0.1) is 0 Å². The minimum Gasteiger partial charge on any atom is -0.492 e. The maximum absolute atomic E-state index is 5.59. The predicted molar refractivity (Wildman–Crippen MR) is 66.6 cm³/mol. The standard InChI is InChI=1S/C12H13BrN2O/c1-10-8-14-15(9-10)6-7-16-12-4-2-11(13)3-5-12/h2-5,8-9H,6-7H2,1H3. The summed E-state index contributed by atoms with van der Waals surface area (Å²) in [6, 6.07) is 7.82. The van der Waals surface area contributed by atoms with Gasteiger partial charge in [-0.1, -0.05) is 15.9 Å². The maximum Gasteiger partial charge on any atom is 0.119 e. The second-order valence-electron chi connectivity index (χ2n) is 3.58. The number of aryl methyl sites for hydroxylation is 1. The van der Waals surface area contributed by atoms with Gasteiger partial charge in [0, 0.05) is 10.7 Å². The van der Waals surface area contributed by atoms with Crippen LogP contribution in [0.4, 0.5) is 0 Å². The van der Waals surface area contributed by atoms with E-state index in [1.54, 1.807) is 0 Å². The molecule has 1 heterocycles. The first-order valence-electron chi connectivity index (χ1n) is 5.11. The molecular formula is C12H13BrN2O. The molecule has 0 radical (unpaired) electrons. The summed E-state index contributed by atoms with van der Waals surface area (Å²) in [7, 11) is 0. The molecule has 0 N–H and O–H groups in total. The monoisotopic (exact) mass is 280 g/mol. The summed E-state index contributed by atoms with van der Waals surface area (Å²) in [5, 5.41) is 4.19. The predicted octanol–water partition coefficient (Wildman–Crippen LogP) is 3.03. The Morgan fingerprint density at radius 3 is 2.69 bits per heavy atom. The third-order valence-corrected chi connectivity index (χ3v) is 2.69. The molecule has 3 nitrogen and oxygen atoms in total. The van der Waals surface area contributed by atoms with Gasteiger partial charge in [0.25, 0.3) is 0 Å². The maximum atomic E-state index is 5.59. The normalized spacial score (nSPS) is 10.4. The number of rotatable bonds is 4. The van der Waals surface area contributed by atoms with Crippen molar-refractivity contribution in [2.45, 2.75) is 13.5 Å². The molecule has 0 aliphatic rings. The number of ether oxygens (including phenoxy) is 1. The van der Waals surface area contributed by atoms with Crippen molar-refractivity contribution in [1.29, 1.82) is 0 Å². The summed E-state index contributed by atoms with van der Waals surface area (Å²) in [5.41, 5.74) is 1.17. The molecule has 0 atom stereocenters. The smallest absolute Gasteiger partial charge is 0.119 e. The summed E-state index contributed by atoms with van der Waals surface area (Å²) in [6.07, 6.45) is 3.85. The zero-order valence-corrected chi connectivity index (χ0v) is 10.6. The summed E-state index contributed by atoms with van der Waals surface area (Å²) in [5.74, 6) is 0.882. The summed E-state index contributed by atoms with van der Waals surface area (Å²) >= 11 is 3.38. The molecule has 0 aliphatic heterocycles. The lowest BCUT2D eigenvalue weighted by Gasteiger charge is -2.06. The average Bonchev–Trinajstić information content (AvgIpc) is 2.67. The van der Waals surface area contributed by atoms with E-state index in [1.807, 2.05) is 48.3 Å². The fourth-order valence-electron chi connectivity index (χ4n) is 1.38. The molecule has 0 bridgehead atoms. The second kappa shape index (κ2) is 5.16. The van der Waals surface area contributed by atoms with E-state index >= 15 is 0 Å². The molecule has 0 spiro atoms. The molecule has 0 aliphatic carbocycles. The quantitative estimate of drug-likeness (QED) is 0.861. The Morgan fingerprint density at radius 2 is 2.06 bits per heavy atom. The lowest BCUT2D eigenvalue weighted by molar-refractivity contribution is 0.291. The van der Waals surface area contributed by atoms with E-state index in [9.17, 15) is 0 Å². The van der Waals surface area contributed by atoms with Crippen LogP contribution in [0.1, 0.15) is 5.56 Å². The number of hydrogen-bond acceptors (Lipinski definition) is 2. The van der Waals surface area contributed by atoms with E-state index in [4.69, 9.17) is 4.74 Å². The average molecular weight is 281 g/mol. The number of nitrogens with zero attached hydrogens (tertiary/aromatic N) is 2. The highest BCUT2D eigenvalue weighted by Crippen LogP contribution is 2.15. The molecule has 4 heteroatoms. The number of aromatic nitrogens is 2. The zero-order chi connectivity index (χ0) is 11.4. The van der Waals surface area contributed by atoms with Crippen LogP contribution in [0.15, 0.2) is 41.1 Å². The van der Waals surface area contributed by atoms with Gasteiger partial charge < -0.3 is 4.74 Å². The highest BCUT2D eigenvalue weighted by molar-refractivity contribution is 9.10. The van der Waals surface area contributed by atoms with Crippen molar-refractivity contribution in [2.75, 3.05) is 6.61 Å². The topological polar surface area (TPSA) is 27.1 Å². The lowest BCUT2D eigenvalue weighted by Crippen LogP contribution is -2.08. The Kier molecular flexibility index (Phi) is 3.62. The van der Waals surface area contributed by atoms with E-state index in [0.29, 0.717) is 6.61 Å². The highest BCUT2D eigenvalue weighted by atomic mass is 79.9. The van der Waals surface area contributed by atoms with Crippen molar-refractivity contribution in [3.8, 4) is 5.75 Å². The van der Waals surface area contributed by atoms with Gasteiger partial charge in [-0.2, -0.15) is 5.10 Å². The first-order chi connectivity index (χ1) is 7.74. The molecule has 0 unspecified atom stereocenters. The van der Waals surface area contributed by atoms with E-state index in [-0.39, 0.29) is 0 Å². The SMILES string of the molecule is Cc1cnn(CCOc2ccc(Br)cc2)c1. The Balaban J connectivity index is 1.82. The molecular weight excluding hydrogens is 268 g/mol. The fourth-order valence-corrected chi connectivity index (χ4v) is 1.64. The third kappa shape index (κ3) is 3.10. The van der Waals surface area contributed by atoms with E-state index < -0.39 is 0 Å². The van der Waals surface area contributed by atoms with Crippen LogP contribution in [0.3, 0.4) is 0 Å². The molecule has 2 rings (SSSR count). The molecule has 0 saturated carbocycles. The van der Waals surface area contributed by atoms with Gasteiger partial charge in [-0.3, -0.25) is 4.68 Å². The number of hydrogen-bond donors (Lipinski definition) is 0. The van der Waals surface area contributed by atoms with Gasteiger partial charge in [0.15, 0.2) is 0 Å². The van der Waals surface area contributed by atoms with Gasteiger partial charge in [-0.25, -0.2) is 0 Å². The van der Waals surface area contributed by atoms with Crippen molar-refractivity contribution in [3.63, 3.8) is 0 Å².